The van der Waals surface area contributed by atoms with Crippen LogP contribution in [0.4, 0.5) is 0 Å². The lowest BCUT2D eigenvalue weighted by molar-refractivity contribution is 0.530. The lowest BCUT2D eigenvalue weighted by Gasteiger charge is -2.03. The molecular formula is C19H40N2. The minimum absolute atomic E-state index is 0.348. The monoisotopic (exact) mass is 296 g/mol. The third-order valence-corrected chi connectivity index (χ3v) is 4.30. The number of rotatable bonds is 17. The number of unbranched alkanes of at least 4 members (excludes halogenated alkanes) is 15. The second-order valence-electron chi connectivity index (χ2n) is 6.58. The molecule has 126 valence electrons. The Morgan fingerprint density at radius 2 is 0.857 bits per heavy atom. The predicted molar refractivity (Wildman–Crippen MR) is 96.1 cm³/mol. The molecule has 0 aromatic rings. The molecule has 21 heavy (non-hydrogen) atoms. The minimum atomic E-state index is 0.348. The highest BCUT2D eigenvalue weighted by Gasteiger charge is 1.95. The number of nitrogens with one attached hydrogen (secondary N) is 1. The van der Waals surface area contributed by atoms with Gasteiger partial charge in [0.25, 0.3) is 0 Å². The fourth-order valence-corrected chi connectivity index (χ4v) is 2.86. The molecule has 0 rings (SSSR count). The van der Waals surface area contributed by atoms with Gasteiger partial charge < -0.3 is 5.73 Å². The molecule has 0 aliphatic heterocycles. The average molecular weight is 297 g/mol. The molecule has 0 atom stereocenters. The van der Waals surface area contributed by atoms with Crippen LogP contribution in [0.1, 0.15) is 116 Å². The summed E-state index contributed by atoms with van der Waals surface area (Å²) < 4.78 is 0. The van der Waals surface area contributed by atoms with Crippen LogP contribution in [-0.2, 0) is 0 Å². The summed E-state index contributed by atoms with van der Waals surface area (Å²) in [6.45, 7) is 2.28. The highest BCUT2D eigenvalue weighted by Crippen LogP contribution is 2.13. The van der Waals surface area contributed by atoms with Crippen LogP contribution in [0.25, 0.3) is 0 Å². The first-order valence-electron chi connectivity index (χ1n) is 9.60. The van der Waals surface area contributed by atoms with Crippen LogP contribution >= 0.6 is 0 Å². The van der Waals surface area contributed by atoms with E-state index >= 15 is 0 Å². The lowest BCUT2D eigenvalue weighted by Crippen LogP contribution is -2.08. The molecular weight excluding hydrogens is 256 g/mol. The molecule has 0 saturated heterocycles. The van der Waals surface area contributed by atoms with Gasteiger partial charge in [-0.15, -0.1) is 0 Å². The van der Waals surface area contributed by atoms with Crippen LogP contribution in [0, 0.1) is 5.41 Å². The molecule has 2 nitrogen and oxygen atoms in total. The van der Waals surface area contributed by atoms with Gasteiger partial charge in [0.1, 0.15) is 0 Å². The Morgan fingerprint density at radius 3 is 1.14 bits per heavy atom. The summed E-state index contributed by atoms with van der Waals surface area (Å²) >= 11 is 0. The number of nitrogens with two attached hydrogens (primary N) is 1. The number of hydrogen-bond acceptors (Lipinski definition) is 1. The van der Waals surface area contributed by atoms with E-state index in [0.717, 1.165) is 12.8 Å². The van der Waals surface area contributed by atoms with Crippen LogP contribution in [0.3, 0.4) is 0 Å². The first kappa shape index (κ1) is 20.5. The van der Waals surface area contributed by atoms with E-state index < -0.39 is 0 Å². The summed E-state index contributed by atoms with van der Waals surface area (Å²) in [5.74, 6) is 0.348. The van der Waals surface area contributed by atoms with Crippen molar-refractivity contribution in [3.8, 4) is 0 Å². The van der Waals surface area contributed by atoms with E-state index in [1.165, 1.54) is 96.3 Å². The summed E-state index contributed by atoms with van der Waals surface area (Å²) in [7, 11) is 0. The molecule has 3 N–H and O–H groups in total. The van der Waals surface area contributed by atoms with E-state index in [1.807, 2.05) is 0 Å². The van der Waals surface area contributed by atoms with E-state index in [2.05, 4.69) is 6.92 Å². The Kier molecular flexibility index (Phi) is 17.1. The first-order valence-corrected chi connectivity index (χ1v) is 9.60. The molecule has 0 saturated carbocycles. The van der Waals surface area contributed by atoms with Gasteiger partial charge in [0, 0.05) is 6.42 Å². The predicted octanol–water partition coefficient (Wildman–Crippen LogP) is 6.57. The largest absolute Gasteiger partial charge is 0.388 e. The molecule has 0 unspecified atom stereocenters. The van der Waals surface area contributed by atoms with Gasteiger partial charge in [-0.05, 0) is 6.42 Å². The van der Waals surface area contributed by atoms with E-state index in [9.17, 15) is 0 Å². The average Bonchev–Trinajstić information content (AvgIpc) is 2.46. The minimum Gasteiger partial charge on any atom is -0.388 e. The van der Waals surface area contributed by atoms with Crippen molar-refractivity contribution in [2.75, 3.05) is 0 Å². The zero-order valence-electron chi connectivity index (χ0n) is 14.6. The van der Waals surface area contributed by atoms with Crippen molar-refractivity contribution < 1.29 is 0 Å². The fraction of sp³-hybridized carbons (Fsp3) is 0.947. The topological polar surface area (TPSA) is 49.9 Å². The fourth-order valence-electron chi connectivity index (χ4n) is 2.86. The summed E-state index contributed by atoms with van der Waals surface area (Å²) in [5.41, 5.74) is 5.34. The maximum atomic E-state index is 7.15. The third kappa shape index (κ3) is 19.5. The van der Waals surface area contributed by atoms with Crippen LogP contribution in [0.15, 0.2) is 0 Å². The lowest BCUT2D eigenvalue weighted by atomic mass is 10.0. The van der Waals surface area contributed by atoms with Crippen molar-refractivity contribution in [1.82, 2.24) is 0 Å². The summed E-state index contributed by atoms with van der Waals surface area (Å²) in [4.78, 5) is 0. The quantitative estimate of drug-likeness (QED) is 0.178. The molecule has 0 aliphatic rings. The zero-order valence-corrected chi connectivity index (χ0v) is 14.6. The van der Waals surface area contributed by atoms with E-state index in [1.54, 1.807) is 0 Å². The van der Waals surface area contributed by atoms with E-state index in [0.29, 0.717) is 5.84 Å². The maximum absolute atomic E-state index is 7.15. The van der Waals surface area contributed by atoms with Crippen molar-refractivity contribution >= 4 is 5.84 Å². The van der Waals surface area contributed by atoms with Gasteiger partial charge >= 0.3 is 0 Å². The Bertz CT molecular complexity index is 214. The maximum Gasteiger partial charge on any atom is 0.0905 e. The second kappa shape index (κ2) is 17.5. The number of hydrogen-bond donors (Lipinski definition) is 2. The Hall–Kier alpha value is -0.530. The van der Waals surface area contributed by atoms with Gasteiger partial charge in [0.2, 0.25) is 0 Å². The van der Waals surface area contributed by atoms with Gasteiger partial charge in [-0.2, -0.15) is 0 Å². The van der Waals surface area contributed by atoms with Gasteiger partial charge in [-0.1, -0.05) is 103 Å². The Morgan fingerprint density at radius 1 is 0.571 bits per heavy atom. The zero-order chi connectivity index (χ0) is 15.6. The molecule has 2 heteroatoms. The normalized spacial score (nSPS) is 10.9. The van der Waals surface area contributed by atoms with Crippen LogP contribution in [-0.4, -0.2) is 5.84 Å². The molecule has 0 spiro atoms. The molecule has 0 bridgehead atoms. The molecule has 0 heterocycles. The standard InChI is InChI=1S/C19H40N2/c1-2-3-4-5-6-7-8-9-10-11-12-13-14-15-16-17-18-19(20)21/h2-18H2,1H3,(H3,20,21). The van der Waals surface area contributed by atoms with Crippen molar-refractivity contribution in [3.63, 3.8) is 0 Å². The molecule has 0 aliphatic carbocycles. The van der Waals surface area contributed by atoms with Crippen LogP contribution in [0.2, 0.25) is 0 Å². The van der Waals surface area contributed by atoms with Crippen molar-refractivity contribution in [2.45, 2.75) is 116 Å². The Balaban J connectivity index is 2.95. The molecule has 0 radical (unpaired) electrons. The highest BCUT2D eigenvalue weighted by molar-refractivity contribution is 5.76. The third-order valence-electron chi connectivity index (χ3n) is 4.30. The number of amidine groups is 1. The smallest absolute Gasteiger partial charge is 0.0905 e. The SMILES string of the molecule is CCCCCCCCCCCCCCCCCCC(=N)N. The van der Waals surface area contributed by atoms with Crippen LogP contribution in [0.5, 0.6) is 0 Å². The van der Waals surface area contributed by atoms with Gasteiger partial charge in [-0.3, -0.25) is 5.41 Å². The molecule has 0 aromatic carbocycles. The van der Waals surface area contributed by atoms with Gasteiger partial charge in [0.15, 0.2) is 0 Å². The first-order chi connectivity index (χ1) is 10.3. The van der Waals surface area contributed by atoms with E-state index in [4.69, 9.17) is 11.1 Å². The van der Waals surface area contributed by atoms with Gasteiger partial charge in [-0.25, -0.2) is 0 Å². The van der Waals surface area contributed by atoms with E-state index in [-0.39, 0.29) is 0 Å². The van der Waals surface area contributed by atoms with Gasteiger partial charge in [0.05, 0.1) is 5.84 Å². The molecule has 0 fully saturated rings. The van der Waals surface area contributed by atoms with Crippen molar-refractivity contribution in [3.05, 3.63) is 0 Å². The Labute approximate surface area is 133 Å². The summed E-state index contributed by atoms with van der Waals surface area (Å²) in [6.07, 6.45) is 23.0. The molecule has 0 amide bonds. The highest BCUT2D eigenvalue weighted by atomic mass is 14.7. The van der Waals surface area contributed by atoms with Crippen molar-refractivity contribution in [1.29, 1.82) is 5.41 Å². The second-order valence-corrected chi connectivity index (χ2v) is 6.58. The van der Waals surface area contributed by atoms with Crippen LogP contribution < -0.4 is 5.73 Å². The molecule has 0 aromatic heterocycles. The summed E-state index contributed by atoms with van der Waals surface area (Å²) in [6, 6.07) is 0. The summed E-state index contributed by atoms with van der Waals surface area (Å²) in [5, 5.41) is 7.15. The van der Waals surface area contributed by atoms with Crippen molar-refractivity contribution in [2.24, 2.45) is 5.73 Å².